The summed E-state index contributed by atoms with van der Waals surface area (Å²) in [6.07, 6.45) is 3.64. The van der Waals surface area contributed by atoms with Gasteiger partial charge in [-0.05, 0) is 32.4 Å². The first-order chi connectivity index (χ1) is 7.59. The van der Waals surface area contributed by atoms with Crippen LogP contribution in [0.5, 0.6) is 0 Å². The monoisotopic (exact) mass is 215 g/mol. The molecule has 0 amide bonds. The van der Waals surface area contributed by atoms with Crippen LogP contribution >= 0.6 is 0 Å². The highest BCUT2D eigenvalue weighted by molar-refractivity contribution is 5.43. The van der Waals surface area contributed by atoms with Crippen LogP contribution in [0.3, 0.4) is 0 Å². The van der Waals surface area contributed by atoms with E-state index in [2.05, 4.69) is 41.6 Å². The maximum atomic E-state index is 5.92. The molecule has 0 aliphatic carbocycles. The van der Waals surface area contributed by atoms with E-state index < -0.39 is 0 Å². The van der Waals surface area contributed by atoms with E-state index >= 15 is 0 Å². The highest BCUT2D eigenvalue weighted by atomic mass is 15.1. The van der Waals surface area contributed by atoms with Crippen molar-refractivity contribution in [1.82, 2.24) is 9.55 Å². The smallest absolute Gasteiger partial charge is 0.0994 e. The molecular weight excluding hydrogens is 198 g/mol. The zero-order chi connectivity index (χ0) is 11.7. The summed E-state index contributed by atoms with van der Waals surface area (Å²) in [6.45, 7) is 6.17. The van der Waals surface area contributed by atoms with Gasteiger partial charge in [0.1, 0.15) is 0 Å². The molecule has 0 saturated carbocycles. The van der Waals surface area contributed by atoms with Gasteiger partial charge in [0.05, 0.1) is 18.2 Å². The predicted octanol–water partition coefficient (Wildman–Crippen LogP) is 2.51. The Morgan fingerprint density at radius 3 is 2.69 bits per heavy atom. The molecule has 16 heavy (non-hydrogen) atoms. The number of imidazole rings is 1. The van der Waals surface area contributed by atoms with E-state index in [1.807, 2.05) is 19.4 Å². The third kappa shape index (κ3) is 1.86. The molecule has 1 unspecified atom stereocenters. The average Bonchev–Trinajstić information content (AvgIpc) is 2.66. The van der Waals surface area contributed by atoms with E-state index in [-0.39, 0.29) is 6.04 Å². The molecule has 1 heterocycles. The molecule has 0 saturated heterocycles. The molecule has 84 valence electrons. The van der Waals surface area contributed by atoms with Gasteiger partial charge in [-0.25, -0.2) is 4.98 Å². The highest BCUT2D eigenvalue weighted by Crippen LogP contribution is 2.20. The molecule has 3 heteroatoms. The fourth-order valence-electron chi connectivity index (χ4n) is 1.92. The molecule has 0 spiro atoms. The second-order valence-corrected chi connectivity index (χ2v) is 4.27. The highest BCUT2D eigenvalue weighted by Gasteiger charge is 2.09. The molecule has 0 bridgehead atoms. The zero-order valence-corrected chi connectivity index (χ0v) is 9.94. The topological polar surface area (TPSA) is 43.8 Å². The van der Waals surface area contributed by atoms with Crippen LogP contribution < -0.4 is 5.73 Å². The fraction of sp³-hybridized carbons (Fsp3) is 0.308. The van der Waals surface area contributed by atoms with Crippen LogP contribution in [-0.4, -0.2) is 9.55 Å². The summed E-state index contributed by atoms with van der Waals surface area (Å²) in [4.78, 5) is 4.17. The van der Waals surface area contributed by atoms with Crippen LogP contribution in [0.25, 0.3) is 5.69 Å². The Labute approximate surface area is 95.9 Å². The normalized spacial score (nSPS) is 12.8. The molecule has 1 aromatic heterocycles. The van der Waals surface area contributed by atoms with Crippen molar-refractivity contribution in [2.75, 3.05) is 0 Å². The van der Waals surface area contributed by atoms with Gasteiger partial charge in [0, 0.05) is 11.7 Å². The molecule has 1 atom stereocenters. The Morgan fingerprint density at radius 2 is 2.06 bits per heavy atom. The van der Waals surface area contributed by atoms with Crippen molar-refractivity contribution in [3.63, 3.8) is 0 Å². The number of nitrogens with zero attached hydrogens (tertiary/aromatic N) is 2. The maximum absolute atomic E-state index is 5.92. The Kier molecular flexibility index (Phi) is 2.79. The maximum Gasteiger partial charge on any atom is 0.0994 e. The summed E-state index contributed by atoms with van der Waals surface area (Å²) in [5, 5.41) is 0. The van der Waals surface area contributed by atoms with Gasteiger partial charge in [0.25, 0.3) is 0 Å². The van der Waals surface area contributed by atoms with E-state index in [1.165, 1.54) is 11.1 Å². The van der Waals surface area contributed by atoms with E-state index in [4.69, 9.17) is 5.73 Å². The van der Waals surface area contributed by atoms with Crippen molar-refractivity contribution in [3.8, 4) is 5.69 Å². The zero-order valence-electron chi connectivity index (χ0n) is 9.94. The van der Waals surface area contributed by atoms with Gasteiger partial charge in [0.2, 0.25) is 0 Å². The van der Waals surface area contributed by atoms with Crippen molar-refractivity contribution in [3.05, 3.63) is 47.5 Å². The molecule has 2 aromatic rings. The molecule has 0 aliphatic heterocycles. The van der Waals surface area contributed by atoms with Crippen LogP contribution in [0.4, 0.5) is 0 Å². The van der Waals surface area contributed by atoms with Crippen molar-refractivity contribution >= 4 is 0 Å². The minimum absolute atomic E-state index is 0.0109. The van der Waals surface area contributed by atoms with Gasteiger partial charge in [-0.3, -0.25) is 0 Å². The summed E-state index contributed by atoms with van der Waals surface area (Å²) in [5.41, 5.74) is 10.6. The third-order valence-electron chi connectivity index (χ3n) is 2.75. The van der Waals surface area contributed by atoms with Crippen LogP contribution in [0.2, 0.25) is 0 Å². The molecular formula is C13H17N3. The lowest BCUT2D eigenvalue weighted by Crippen LogP contribution is -2.11. The van der Waals surface area contributed by atoms with Crippen LogP contribution in [0.1, 0.15) is 29.8 Å². The lowest BCUT2D eigenvalue weighted by atomic mass is 10.1. The second kappa shape index (κ2) is 4.10. The number of hydrogen-bond acceptors (Lipinski definition) is 2. The summed E-state index contributed by atoms with van der Waals surface area (Å²) in [5.74, 6) is 0. The Balaban J connectivity index is 2.54. The first kappa shape index (κ1) is 10.9. The van der Waals surface area contributed by atoms with Gasteiger partial charge in [-0.2, -0.15) is 0 Å². The Bertz CT molecular complexity index is 498. The summed E-state index contributed by atoms with van der Waals surface area (Å²) >= 11 is 0. The Morgan fingerprint density at radius 1 is 1.31 bits per heavy atom. The standard InChI is InChI=1S/C13H17N3/c1-9-4-5-12(10(2)6-9)16-8-15-7-13(16)11(3)14/h4-8,11H,14H2,1-3H3. The molecule has 0 fully saturated rings. The first-order valence-corrected chi connectivity index (χ1v) is 5.45. The van der Waals surface area contributed by atoms with Crippen molar-refractivity contribution in [2.24, 2.45) is 5.73 Å². The van der Waals surface area contributed by atoms with Gasteiger partial charge < -0.3 is 10.3 Å². The average molecular weight is 215 g/mol. The van der Waals surface area contributed by atoms with Crippen LogP contribution in [0.15, 0.2) is 30.7 Å². The second-order valence-electron chi connectivity index (χ2n) is 4.27. The van der Waals surface area contributed by atoms with E-state index in [1.54, 1.807) is 0 Å². The van der Waals surface area contributed by atoms with Crippen LogP contribution in [-0.2, 0) is 0 Å². The van der Waals surface area contributed by atoms with E-state index in [0.29, 0.717) is 0 Å². The first-order valence-electron chi connectivity index (χ1n) is 5.45. The van der Waals surface area contributed by atoms with Gasteiger partial charge in [0.15, 0.2) is 0 Å². The Hall–Kier alpha value is -1.61. The summed E-state index contributed by atoms with van der Waals surface area (Å²) < 4.78 is 2.06. The summed E-state index contributed by atoms with van der Waals surface area (Å²) in [7, 11) is 0. The van der Waals surface area contributed by atoms with Crippen molar-refractivity contribution in [1.29, 1.82) is 0 Å². The molecule has 3 nitrogen and oxygen atoms in total. The van der Waals surface area contributed by atoms with Crippen LogP contribution in [0, 0.1) is 13.8 Å². The number of rotatable bonds is 2. The minimum atomic E-state index is -0.0109. The quantitative estimate of drug-likeness (QED) is 0.836. The molecule has 2 N–H and O–H groups in total. The largest absolute Gasteiger partial charge is 0.323 e. The lowest BCUT2D eigenvalue weighted by molar-refractivity contribution is 0.751. The van der Waals surface area contributed by atoms with E-state index in [0.717, 1.165) is 11.4 Å². The van der Waals surface area contributed by atoms with Crippen molar-refractivity contribution in [2.45, 2.75) is 26.8 Å². The third-order valence-corrected chi connectivity index (χ3v) is 2.75. The molecule has 0 radical (unpaired) electrons. The number of aryl methyl sites for hydroxylation is 2. The lowest BCUT2D eigenvalue weighted by Gasteiger charge is -2.13. The van der Waals surface area contributed by atoms with Gasteiger partial charge >= 0.3 is 0 Å². The molecule has 2 rings (SSSR count). The number of benzene rings is 1. The van der Waals surface area contributed by atoms with E-state index in [9.17, 15) is 0 Å². The SMILES string of the molecule is Cc1ccc(-n2cncc2C(C)N)c(C)c1. The fourth-order valence-corrected chi connectivity index (χ4v) is 1.92. The summed E-state index contributed by atoms with van der Waals surface area (Å²) in [6, 6.07) is 6.37. The molecule has 1 aromatic carbocycles. The number of nitrogens with two attached hydrogens (primary N) is 1. The van der Waals surface area contributed by atoms with Gasteiger partial charge in [-0.15, -0.1) is 0 Å². The number of aromatic nitrogens is 2. The van der Waals surface area contributed by atoms with Crippen molar-refractivity contribution < 1.29 is 0 Å². The predicted molar refractivity (Wildman–Crippen MR) is 65.6 cm³/mol. The molecule has 0 aliphatic rings. The van der Waals surface area contributed by atoms with Gasteiger partial charge in [-0.1, -0.05) is 17.7 Å². The minimum Gasteiger partial charge on any atom is -0.323 e. The number of hydrogen-bond donors (Lipinski definition) is 1.